The largest absolute Gasteiger partial charge is 0.497 e. The maximum atomic E-state index is 13.1. The number of hydrogen-bond donors (Lipinski definition) is 2. The maximum absolute atomic E-state index is 13.1. The van der Waals surface area contributed by atoms with Gasteiger partial charge in [0.05, 0.1) is 7.11 Å². The second-order valence-electron chi connectivity index (χ2n) is 6.72. The Kier molecular flexibility index (Phi) is 7.84. The third kappa shape index (κ3) is 5.03. The van der Waals surface area contributed by atoms with Crippen LogP contribution in [0.4, 0.5) is 0 Å². The van der Waals surface area contributed by atoms with E-state index < -0.39 is 6.04 Å². The van der Waals surface area contributed by atoms with Gasteiger partial charge in [-0.05, 0) is 48.7 Å². The van der Waals surface area contributed by atoms with Crippen LogP contribution in [0.5, 0.6) is 5.75 Å². The number of likely N-dealkylation sites (tertiary alicyclic amines) is 1. The second kappa shape index (κ2) is 10.1. The molecule has 0 spiro atoms. The first-order chi connectivity index (χ1) is 13.1. The molecule has 28 heavy (non-hydrogen) atoms. The Morgan fingerprint density at radius 2 is 1.86 bits per heavy atom. The number of methoxy groups -OCH3 is 1. The Balaban J connectivity index is 0.00000280. The van der Waals surface area contributed by atoms with Gasteiger partial charge in [-0.3, -0.25) is 9.59 Å². The normalized spacial score (nSPS) is 16.8. The molecule has 2 atom stereocenters. The molecule has 1 aliphatic heterocycles. The van der Waals surface area contributed by atoms with Crippen molar-refractivity contribution < 1.29 is 14.3 Å². The van der Waals surface area contributed by atoms with Crippen LogP contribution >= 0.6 is 12.4 Å². The molecule has 3 N–H and O–H groups in total. The van der Waals surface area contributed by atoms with E-state index in [1.54, 1.807) is 36.3 Å². The first-order valence-electron chi connectivity index (χ1n) is 9.11. The number of halogens is 1. The average molecular weight is 404 g/mol. The Morgan fingerprint density at radius 3 is 2.43 bits per heavy atom. The molecule has 6 nitrogen and oxygen atoms in total. The topological polar surface area (TPSA) is 84.7 Å². The molecular formula is C21H26ClN3O3. The highest BCUT2D eigenvalue weighted by Gasteiger charge is 2.32. The van der Waals surface area contributed by atoms with Gasteiger partial charge in [-0.2, -0.15) is 0 Å². The number of nitrogens with one attached hydrogen (secondary N) is 1. The van der Waals surface area contributed by atoms with Crippen molar-refractivity contribution in [3.05, 3.63) is 65.7 Å². The number of amides is 2. The molecule has 2 aromatic rings. The molecule has 3 rings (SSSR count). The van der Waals surface area contributed by atoms with Gasteiger partial charge in [-0.1, -0.05) is 30.3 Å². The van der Waals surface area contributed by atoms with E-state index in [0.717, 1.165) is 12.0 Å². The molecule has 2 unspecified atom stereocenters. The Morgan fingerprint density at radius 1 is 1.18 bits per heavy atom. The van der Waals surface area contributed by atoms with E-state index in [0.29, 0.717) is 36.9 Å². The molecule has 0 saturated carbocycles. The molecular weight excluding hydrogens is 378 g/mol. The molecule has 0 aliphatic carbocycles. The average Bonchev–Trinajstić information content (AvgIpc) is 3.21. The minimum Gasteiger partial charge on any atom is -0.497 e. The fraction of sp³-hybridized carbons (Fsp3) is 0.333. The van der Waals surface area contributed by atoms with E-state index >= 15 is 0 Å². The van der Waals surface area contributed by atoms with Gasteiger partial charge in [0.1, 0.15) is 11.8 Å². The van der Waals surface area contributed by atoms with Crippen LogP contribution in [0, 0.1) is 5.92 Å². The van der Waals surface area contributed by atoms with E-state index in [4.69, 9.17) is 10.5 Å². The number of hydrogen-bond acceptors (Lipinski definition) is 4. The fourth-order valence-corrected chi connectivity index (χ4v) is 3.30. The summed E-state index contributed by atoms with van der Waals surface area (Å²) in [4.78, 5) is 27.6. The van der Waals surface area contributed by atoms with Crippen LogP contribution in [-0.2, 0) is 4.79 Å². The lowest BCUT2D eigenvalue weighted by Crippen LogP contribution is -2.42. The highest BCUT2D eigenvalue weighted by molar-refractivity contribution is 5.98. The first-order valence-corrected chi connectivity index (χ1v) is 9.11. The minimum absolute atomic E-state index is 0. The van der Waals surface area contributed by atoms with Crippen molar-refractivity contribution in [1.82, 2.24) is 10.2 Å². The smallest absolute Gasteiger partial charge is 0.252 e. The highest BCUT2D eigenvalue weighted by atomic mass is 35.5. The molecule has 2 amide bonds. The van der Waals surface area contributed by atoms with Crippen LogP contribution in [0.15, 0.2) is 54.6 Å². The summed E-state index contributed by atoms with van der Waals surface area (Å²) >= 11 is 0. The van der Waals surface area contributed by atoms with E-state index in [-0.39, 0.29) is 24.2 Å². The third-order valence-electron chi connectivity index (χ3n) is 4.94. The minimum atomic E-state index is -0.725. The summed E-state index contributed by atoms with van der Waals surface area (Å²) in [7, 11) is 1.57. The standard InChI is InChI=1S/C21H25N3O3.ClH/c1-27-18-9-7-17(8-10-18)20(25)23-19(16-5-3-2-4-6-16)21(26)24-12-11-15(13-22)14-24;/h2-10,15,19H,11-14,22H2,1H3,(H,23,25);1H. The summed E-state index contributed by atoms with van der Waals surface area (Å²) in [5.41, 5.74) is 6.99. The van der Waals surface area contributed by atoms with Crippen LogP contribution in [0.2, 0.25) is 0 Å². The molecule has 7 heteroatoms. The lowest BCUT2D eigenvalue weighted by molar-refractivity contribution is -0.132. The molecule has 0 bridgehead atoms. The summed E-state index contributed by atoms with van der Waals surface area (Å²) in [6.45, 7) is 1.87. The van der Waals surface area contributed by atoms with Gasteiger partial charge >= 0.3 is 0 Å². The Labute approximate surface area is 171 Å². The van der Waals surface area contributed by atoms with E-state index in [2.05, 4.69) is 5.32 Å². The number of benzene rings is 2. The fourth-order valence-electron chi connectivity index (χ4n) is 3.30. The number of rotatable bonds is 6. The van der Waals surface area contributed by atoms with Gasteiger partial charge in [-0.25, -0.2) is 0 Å². The van der Waals surface area contributed by atoms with Crippen LogP contribution in [0.1, 0.15) is 28.4 Å². The lowest BCUT2D eigenvalue weighted by atomic mass is 10.0. The third-order valence-corrected chi connectivity index (χ3v) is 4.94. The van der Waals surface area contributed by atoms with E-state index in [1.165, 1.54) is 0 Å². The van der Waals surface area contributed by atoms with Crippen molar-refractivity contribution in [2.75, 3.05) is 26.7 Å². The van der Waals surface area contributed by atoms with Crippen molar-refractivity contribution in [2.45, 2.75) is 12.5 Å². The molecule has 0 radical (unpaired) electrons. The molecule has 1 fully saturated rings. The number of nitrogens with zero attached hydrogens (tertiary/aromatic N) is 1. The van der Waals surface area contributed by atoms with Crippen molar-refractivity contribution in [2.24, 2.45) is 11.7 Å². The summed E-state index contributed by atoms with van der Waals surface area (Å²) in [5.74, 6) is 0.600. The number of nitrogens with two attached hydrogens (primary N) is 1. The lowest BCUT2D eigenvalue weighted by Gasteiger charge is -2.25. The Hall–Kier alpha value is -2.57. The molecule has 1 heterocycles. The molecule has 150 valence electrons. The van der Waals surface area contributed by atoms with Gasteiger partial charge in [0.15, 0.2) is 0 Å². The summed E-state index contributed by atoms with van der Waals surface area (Å²) in [6.07, 6.45) is 0.899. The zero-order valence-electron chi connectivity index (χ0n) is 15.8. The number of carbonyl (C=O) groups is 2. The predicted octanol–water partition coefficient (Wildman–Crippen LogP) is 2.40. The molecule has 0 aromatic heterocycles. The second-order valence-corrected chi connectivity index (χ2v) is 6.72. The van der Waals surface area contributed by atoms with Crippen LogP contribution in [-0.4, -0.2) is 43.5 Å². The van der Waals surface area contributed by atoms with Crippen LogP contribution < -0.4 is 15.8 Å². The first kappa shape index (κ1) is 21.7. The van der Waals surface area contributed by atoms with Crippen LogP contribution in [0.3, 0.4) is 0 Å². The van der Waals surface area contributed by atoms with Crippen molar-refractivity contribution in [1.29, 1.82) is 0 Å². The summed E-state index contributed by atoms with van der Waals surface area (Å²) in [6, 6.07) is 15.4. The van der Waals surface area contributed by atoms with Crippen molar-refractivity contribution in [3.8, 4) is 5.75 Å². The SMILES string of the molecule is COc1ccc(C(=O)NC(C(=O)N2CCC(CN)C2)c2ccccc2)cc1.Cl. The molecule has 1 aliphatic rings. The van der Waals surface area contributed by atoms with Crippen molar-refractivity contribution >= 4 is 24.2 Å². The van der Waals surface area contributed by atoms with Crippen LogP contribution in [0.25, 0.3) is 0 Å². The predicted molar refractivity (Wildman–Crippen MR) is 111 cm³/mol. The van der Waals surface area contributed by atoms with E-state index in [1.807, 2.05) is 30.3 Å². The van der Waals surface area contributed by atoms with Gasteiger partial charge < -0.3 is 20.7 Å². The quantitative estimate of drug-likeness (QED) is 0.775. The zero-order chi connectivity index (χ0) is 19.2. The maximum Gasteiger partial charge on any atom is 0.252 e. The van der Waals surface area contributed by atoms with Crippen molar-refractivity contribution in [3.63, 3.8) is 0 Å². The van der Waals surface area contributed by atoms with Gasteiger partial charge in [0, 0.05) is 18.7 Å². The Bertz CT molecular complexity index is 783. The summed E-state index contributed by atoms with van der Waals surface area (Å²) < 4.78 is 5.12. The van der Waals surface area contributed by atoms with E-state index in [9.17, 15) is 9.59 Å². The van der Waals surface area contributed by atoms with Gasteiger partial charge in [-0.15, -0.1) is 12.4 Å². The highest BCUT2D eigenvalue weighted by Crippen LogP contribution is 2.22. The van der Waals surface area contributed by atoms with Gasteiger partial charge in [0.25, 0.3) is 5.91 Å². The summed E-state index contributed by atoms with van der Waals surface area (Å²) in [5, 5.41) is 2.89. The molecule has 1 saturated heterocycles. The monoisotopic (exact) mass is 403 g/mol. The number of carbonyl (C=O) groups excluding carboxylic acids is 2. The number of ether oxygens (including phenoxy) is 1. The zero-order valence-corrected chi connectivity index (χ0v) is 16.7. The molecule has 2 aromatic carbocycles. The van der Waals surface area contributed by atoms with Gasteiger partial charge in [0.2, 0.25) is 5.91 Å².